The first kappa shape index (κ1) is 19.3. The second kappa shape index (κ2) is 7.62. The Bertz CT molecular complexity index is 1040. The fourth-order valence-corrected chi connectivity index (χ4v) is 4.12. The van der Waals surface area contributed by atoms with E-state index in [9.17, 15) is 14.7 Å². The predicted octanol–water partition coefficient (Wildman–Crippen LogP) is 4.39. The van der Waals surface area contributed by atoms with Gasteiger partial charge in [0, 0.05) is 11.1 Å². The number of methoxy groups -OCH3 is 1. The first-order chi connectivity index (χ1) is 12.9. The van der Waals surface area contributed by atoms with Crippen LogP contribution >= 0.6 is 22.9 Å². The summed E-state index contributed by atoms with van der Waals surface area (Å²) in [6.45, 7) is 4.11. The van der Waals surface area contributed by atoms with E-state index in [1.165, 1.54) is 23.0 Å². The molecule has 0 bridgehead atoms. The molecule has 3 aromatic rings. The third-order valence-corrected chi connectivity index (χ3v) is 5.50. The maximum Gasteiger partial charge on any atom is 0.307 e. The maximum absolute atomic E-state index is 13.2. The number of fused-ring (bicyclic) bond motifs is 1. The van der Waals surface area contributed by atoms with Crippen LogP contribution in [0.2, 0.25) is 5.02 Å². The number of carbonyl (C=O) groups is 2. The van der Waals surface area contributed by atoms with Gasteiger partial charge in [-0.15, -0.1) is 0 Å². The van der Waals surface area contributed by atoms with Crippen LogP contribution in [0.3, 0.4) is 0 Å². The van der Waals surface area contributed by atoms with E-state index in [4.69, 9.17) is 21.1 Å². The maximum atomic E-state index is 13.2. The summed E-state index contributed by atoms with van der Waals surface area (Å²) in [5.41, 5.74) is 1.67. The number of carbonyl (C=O) groups excluding carboxylic acids is 1. The number of carboxylic acid groups (broad SMARTS) is 1. The van der Waals surface area contributed by atoms with Gasteiger partial charge in [-0.3, -0.25) is 14.2 Å². The zero-order valence-corrected chi connectivity index (χ0v) is 16.6. The summed E-state index contributed by atoms with van der Waals surface area (Å²) in [6, 6.07) is 6.75. The highest BCUT2D eigenvalue weighted by Crippen LogP contribution is 2.36. The molecule has 0 saturated heterocycles. The fraction of sp³-hybridized carbons (Fsp3) is 0.263. The molecule has 0 spiro atoms. The largest absolute Gasteiger partial charge is 0.495 e. The molecule has 3 rings (SSSR count). The average Bonchev–Trinajstić information content (AvgIpc) is 3.18. The lowest BCUT2D eigenvalue weighted by Crippen LogP contribution is -2.12. The van der Waals surface area contributed by atoms with E-state index in [1.807, 2.05) is 6.92 Å². The Kier molecular flexibility index (Phi) is 5.43. The highest BCUT2D eigenvalue weighted by atomic mass is 35.5. The number of hydrogen-bond donors (Lipinski definition) is 1. The number of carboxylic acids is 1. The van der Waals surface area contributed by atoms with Crippen molar-refractivity contribution < 1.29 is 24.2 Å². The van der Waals surface area contributed by atoms with Crippen LogP contribution in [0.4, 0.5) is 0 Å². The zero-order valence-electron chi connectivity index (χ0n) is 15.0. The Morgan fingerprint density at radius 2 is 2.04 bits per heavy atom. The van der Waals surface area contributed by atoms with Gasteiger partial charge in [-0.25, -0.2) is 0 Å². The van der Waals surface area contributed by atoms with Crippen molar-refractivity contribution in [3.05, 3.63) is 45.4 Å². The van der Waals surface area contributed by atoms with E-state index in [-0.39, 0.29) is 12.3 Å². The van der Waals surface area contributed by atoms with Crippen LogP contribution in [-0.4, -0.2) is 35.3 Å². The molecule has 0 atom stereocenters. The third kappa shape index (κ3) is 3.52. The number of halogens is 1. The van der Waals surface area contributed by atoms with Crippen molar-refractivity contribution in [2.45, 2.75) is 20.3 Å². The van der Waals surface area contributed by atoms with Crippen LogP contribution in [0.1, 0.15) is 27.9 Å². The first-order valence-corrected chi connectivity index (χ1v) is 9.43. The molecule has 0 aliphatic heterocycles. The highest BCUT2D eigenvalue weighted by Gasteiger charge is 2.24. The molecule has 27 heavy (non-hydrogen) atoms. The molecule has 8 heteroatoms. The summed E-state index contributed by atoms with van der Waals surface area (Å²) in [6.07, 6.45) is -0.206. The standard InChI is InChI=1S/C19H18ClNO5S/c1-4-26-18-6-5-16(27-18)19(24)21-10(2)11(8-17(22)23)12-7-15(25-3)13(20)9-14(12)21/h5-7,9H,4,8H2,1-3H3,(H,22,23). The number of aromatic nitrogens is 1. The molecule has 0 amide bonds. The van der Waals surface area contributed by atoms with Gasteiger partial charge in [0.1, 0.15) is 5.75 Å². The summed E-state index contributed by atoms with van der Waals surface area (Å²) in [4.78, 5) is 25.0. The molecule has 1 N–H and O–H groups in total. The molecule has 0 unspecified atom stereocenters. The number of benzene rings is 1. The van der Waals surface area contributed by atoms with E-state index in [1.54, 1.807) is 31.2 Å². The Morgan fingerprint density at radius 3 is 2.67 bits per heavy atom. The molecule has 6 nitrogen and oxygen atoms in total. The molecule has 1 aromatic carbocycles. The lowest BCUT2D eigenvalue weighted by molar-refractivity contribution is -0.136. The first-order valence-electron chi connectivity index (χ1n) is 8.23. The van der Waals surface area contributed by atoms with Crippen LogP contribution < -0.4 is 9.47 Å². The summed E-state index contributed by atoms with van der Waals surface area (Å²) < 4.78 is 12.2. The molecule has 0 saturated carbocycles. The minimum absolute atomic E-state index is 0.206. The minimum atomic E-state index is -0.978. The van der Waals surface area contributed by atoms with Gasteiger partial charge in [-0.2, -0.15) is 0 Å². The number of hydrogen-bond acceptors (Lipinski definition) is 5. The topological polar surface area (TPSA) is 77.8 Å². The predicted molar refractivity (Wildman–Crippen MR) is 105 cm³/mol. The summed E-state index contributed by atoms with van der Waals surface area (Å²) in [5.74, 6) is -0.810. The van der Waals surface area contributed by atoms with Crippen molar-refractivity contribution in [1.82, 2.24) is 4.57 Å². The van der Waals surface area contributed by atoms with Gasteiger partial charge >= 0.3 is 5.97 Å². The molecular formula is C19H18ClNO5S. The van der Waals surface area contributed by atoms with Crippen molar-refractivity contribution in [3.63, 3.8) is 0 Å². The van der Waals surface area contributed by atoms with Gasteiger partial charge < -0.3 is 14.6 Å². The van der Waals surface area contributed by atoms with Crippen LogP contribution in [0.15, 0.2) is 24.3 Å². The molecule has 2 aromatic heterocycles. The van der Waals surface area contributed by atoms with Crippen LogP contribution in [0.5, 0.6) is 10.8 Å². The number of rotatable bonds is 6. The smallest absolute Gasteiger partial charge is 0.307 e. The van der Waals surface area contributed by atoms with Gasteiger partial charge in [-0.1, -0.05) is 22.9 Å². The normalized spacial score (nSPS) is 11.0. The lowest BCUT2D eigenvalue weighted by Gasteiger charge is -2.07. The van der Waals surface area contributed by atoms with Gasteiger partial charge in [0.25, 0.3) is 5.91 Å². The van der Waals surface area contributed by atoms with Crippen molar-refractivity contribution in [2.75, 3.05) is 13.7 Å². The van der Waals surface area contributed by atoms with Crippen LogP contribution in [0.25, 0.3) is 10.9 Å². The van der Waals surface area contributed by atoms with Crippen molar-refractivity contribution in [1.29, 1.82) is 0 Å². The Balaban J connectivity index is 2.21. The Labute approximate surface area is 164 Å². The van der Waals surface area contributed by atoms with Gasteiger partial charge in [0.15, 0.2) is 5.06 Å². The van der Waals surface area contributed by atoms with E-state index < -0.39 is 5.97 Å². The molecule has 0 radical (unpaired) electrons. The monoisotopic (exact) mass is 407 g/mol. The second-order valence-electron chi connectivity index (χ2n) is 5.83. The SMILES string of the molecule is CCOc1ccc(C(=O)n2c(C)c(CC(=O)O)c3cc(OC)c(Cl)cc32)s1. The minimum Gasteiger partial charge on any atom is -0.495 e. The van der Waals surface area contributed by atoms with E-state index >= 15 is 0 Å². The van der Waals surface area contributed by atoms with Crippen molar-refractivity contribution in [2.24, 2.45) is 0 Å². The third-order valence-electron chi connectivity index (χ3n) is 4.22. The molecule has 0 aliphatic carbocycles. The quantitative estimate of drug-likeness (QED) is 0.655. The number of thiophene rings is 1. The van der Waals surface area contributed by atoms with Crippen molar-refractivity contribution in [3.8, 4) is 10.8 Å². The lowest BCUT2D eigenvalue weighted by atomic mass is 10.1. The Hall–Kier alpha value is -2.51. The summed E-state index contributed by atoms with van der Waals surface area (Å²) in [7, 11) is 1.49. The Morgan fingerprint density at radius 1 is 1.30 bits per heavy atom. The molecule has 0 fully saturated rings. The zero-order chi connectivity index (χ0) is 19.7. The van der Waals surface area contributed by atoms with Gasteiger partial charge in [0.05, 0.1) is 35.6 Å². The van der Waals surface area contributed by atoms with Gasteiger partial charge in [0.2, 0.25) is 0 Å². The van der Waals surface area contributed by atoms with Crippen molar-refractivity contribution >= 4 is 45.7 Å². The number of aliphatic carboxylic acids is 1. The second-order valence-corrected chi connectivity index (χ2v) is 7.28. The fourth-order valence-electron chi connectivity index (χ4n) is 3.04. The number of ether oxygens (including phenoxy) is 2. The van der Waals surface area contributed by atoms with Crippen LogP contribution in [0, 0.1) is 6.92 Å². The van der Waals surface area contributed by atoms with Gasteiger partial charge in [-0.05, 0) is 43.7 Å². The molecule has 2 heterocycles. The molecular weight excluding hydrogens is 390 g/mol. The van der Waals surface area contributed by atoms with E-state index in [2.05, 4.69) is 0 Å². The van der Waals surface area contributed by atoms with E-state index in [0.717, 1.165) is 0 Å². The highest BCUT2D eigenvalue weighted by molar-refractivity contribution is 7.15. The van der Waals surface area contributed by atoms with Crippen LogP contribution in [-0.2, 0) is 11.2 Å². The molecule has 0 aliphatic rings. The van der Waals surface area contributed by atoms with E-state index in [0.29, 0.717) is 49.5 Å². The summed E-state index contributed by atoms with van der Waals surface area (Å²) in [5, 5.41) is 10.9. The number of nitrogens with zero attached hydrogens (tertiary/aromatic N) is 1. The summed E-state index contributed by atoms with van der Waals surface area (Å²) >= 11 is 7.50. The molecule has 142 valence electrons. The average molecular weight is 408 g/mol.